The molecule has 1 N–H and O–H groups in total. The molecule has 0 saturated heterocycles. The van der Waals surface area contributed by atoms with Crippen molar-refractivity contribution in [1.82, 2.24) is 9.55 Å². The summed E-state index contributed by atoms with van der Waals surface area (Å²) in [6.45, 7) is 2.33. The van der Waals surface area contributed by atoms with E-state index >= 15 is 0 Å². The lowest BCUT2D eigenvalue weighted by atomic mass is 10.2. The van der Waals surface area contributed by atoms with Gasteiger partial charge in [-0.3, -0.25) is 14.2 Å². The van der Waals surface area contributed by atoms with Gasteiger partial charge in [0.2, 0.25) is 5.91 Å². The van der Waals surface area contributed by atoms with E-state index in [1.807, 2.05) is 19.1 Å². The molecule has 1 aromatic heterocycles. The van der Waals surface area contributed by atoms with Gasteiger partial charge >= 0.3 is 0 Å². The Labute approximate surface area is 164 Å². The second-order valence-corrected chi connectivity index (χ2v) is 6.95. The molecule has 0 aliphatic rings. The fourth-order valence-corrected chi connectivity index (χ4v) is 3.63. The van der Waals surface area contributed by atoms with E-state index < -0.39 is 0 Å². The highest BCUT2D eigenvalue weighted by Gasteiger charge is 2.12. The van der Waals surface area contributed by atoms with Gasteiger partial charge in [-0.25, -0.2) is 4.98 Å². The average Bonchev–Trinajstić information content (AvgIpc) is 2.67. The van der Waals surface area contributed by atoms with Crippen molar-refractivity contribution in [3.8, 4) is 6.07 Å². The maximum Gasteiger partial charge on any atom is 0.262 e. The van der Waals surface area contributed by atoms with Crippen molar-refractivity contribution >= 4 is 45.9 Å². The number of nitrogens with zero attached hydrogens (tertiary/aromatic N) is 3. The summed E-state index contributed by atoms with van der Waals surface area (Å²) in [5.41, 5.74) is 1.33. The summed E-state index contributed by atoms with van der Waals surface area (Å²) in [5.74, 6) is -0.173. The summed E-state index contributed by atoms with van der Waals surface area (Å²) in [6.07, 6.45) is 0. The lowest BCUT2D eigenvalue weighted by Gasteiger charge is -2.11. The second-order valence-electron chi connectivity index (χ2n) is 5.60. The molecule has 1 heterocycles. The van der Waals surface area contributed by atoms with Crippen molar-refractivity contribution in [3.63, 3.8) is 0 Å². The van der Waals surface area contributed by atoms with Gasteiger partial charge < -0.3 is 5.32 Å². The molecule has 3 rings (SSSR count). The maximum absolute atomic E-state index is 12.6. The summed E-state index contributed by atoms with van der Waals surface area (Å²) in [6, 6.07) is 13.8. The normalized spacial score (nSPS) is 10.6. The Morgan fingerprint density at radius 3 is 2.81 bits per heavy atom. The van der Waals surface area contributed by atoms with Gasteiger partial charge in [0.15, 0.2) is 5.16 Å². The van der Waals surface area contributed by atoms with Crippen molar-refractivity contribution in [1.29, 1.82) is 5.26 Å². The van der Waals surface area contributed by atoms with Gasteiger partial charge in [-0.15, -0.1) is 0 Å². The Morgan fingerprint density at radius 2 is 2.11 bits per heavy atom. The standard InChI is InChI=1S/C19H15ClN4O2S/c1-2-24-18(26)14-5-3-4-6-16(14)23-19(24)27-11-17(25)22-13-8-7-12(10-21)15(20)9-13/h3-9H,2,11H2,1H3,(H,22,25). The minimum absolute atomic E-state index is 0.0857. The highest BCUT2D eigenvalue weighted by Crippen LogP contribution is 2.21. The van der Waals surface area contributed by atoms with Crippen LogP contribution in [0.2, 0.25) is 5.02 Å². The topological polar surface area (TPSA) is 87.8 Å². The number of amides is 1. The number of halogens is 1. The van der Waals surface area contributed by atoms with Gasteiger partial charge in [0, 0.05) is 12.2 Å². The van der Waals surface area contributed by atoms with Gasteiger partial charge in [-0.1, -0.05) is 35.5 Å². The quantitative estimate of drug-likeness (QED) is 0.523. The Kier molecular flexibility index (Phi) is 5.79. The zero-order chi connectivity index (χ0) is 19.4. The second kappa shape index (κ2) is 8.25. The molecule has 0 spiro atoms. The monoisotopic (exact) mass is 398 g/mol. The molecular formula is C19H15ClN4O2S. The SMILES string of the molecule is CCn1c(SCC(=O)Nc2ccc(C#N)c(Cl)c2)nc2ccccc2c1=O. The number of fused-ring (bicyclic) bond motifs is 1. The number of aromatic nitrogens is 2. The fourth-order valence-electron chi connectivity index (χ4n) is 2.55. The Hall–Kier alpha value is -2.82. The number of benzene rings is 2. The fraction of sp³-hybridized carbons (Fsp3) is 0.158. The number of hydrogen-bond donors (Lipinski definition) is 1. The van der Waals surface area contributed by atoms with E-state index in [0.717, 1.165) is 0 Å². The van der Waals surface area contributed by atoms with Crippen molar-refractivity contribution in [2.45, 2.75) is 18.6 Å². The van der Waals surface area contributed by atoms with Crippen molar-refractivity contribution in [3.05, 3.63) is 63.4 Å². The van der Waals surface area contributed by atoms with Crippen LogP contribution in [-0.2, 0) is 11.3 Å². The molecule has 0 radical (unpaired) electrons. The smallest absolute Gasteiger partial charge is 0.262 e. The van der Waals surface area contributed by atoms with Gasteiger partial charge in [0.25, 0.3) is 5.56 Å². The number of nitrogens with one attached hydrogen (secondary N) is 1. The van der Waals surface area contributed by atoms with Gasteiger partial charge in [-0.05, 0) is 37.3 Å². The maximum atomic E-state index is 12.6. The van der Waals surface area contributed by atoms with Gasteiger partial charge in [-0.2, -0.15) is 5.26 Å². The van der Waals surface area contributed by atoms with E-state index in [4.69, 9.17) is 16.9 Å². The third-order valence-corrected chi connectivity index (χ3v) is 5.14. The van der Waals surface area contributed by atoms with E-state index in [1.165, 1.54) is 17.8 Å². The zero-order valence-electron chi connectivity index (χ0n) is 14.4. The van der Waals surface area contributed by atoms with Crippen LogP contribution in [-0.4, -0.2) is 21.2 Å². The third-order valence-electron chi connectivity index (χ3n) is 3.85. The molecule has 136 valence electrons. The first kappa shape index (κ1) is 19.0. The van der Waals surface area contributed by atoms with Crippen LogP contribution >= 0.6 is 23.4 Å². The molecule has 0 unspecified atom stereocenters. The first-order valence-electron chi connectivity index (χ1n) is 8.15. The van der Waals surface area contributed by atoms with Crippen LogP contribution in [0, 0.1) is 11.3 Å². The number of carbonyl (C=O) groups is 1. The summed E-state index contributed by atoms with van der Waals surface area (Å²) in [7, 11) is 0. The molecule has 6 nitrogen and oxygen atoms in total. The van der Waals surface area contributed by atoms with Crippen LogP contribution in [0.5, 0.6) is 0 Å². The van der Waals surface area contributed by atoms with Crippen molar-refractivity contribution in [2.75, 3.05) is 11.1 Å². The van der Waals surface area contributed by atoms with Crippen molar-refractivity contribution < 1.29 is 4.79 Å². The highest BCUT2D eigenvalue weighted by atomic mass is 35.5. The molecule has 0 bridgehead atoms. The van der Waals surface area contributed by atoms with E-state index in [2.05, 4.69) is 10.3 Å². The summed E-state index contributed by atoms with van der Waals surface area (Å²) < 4.78 is 1.55. The predicted octanol–water partition coefficient (Wildman–Crippen LogP) is 3.67. The van der Waals surface area contributed by atoms with Crippen LogP contribution < -0.4 is 10.9 Å². The van der Waals surface area contributed by atoms with Crippen LogP contribution in [0.25, 0.3) is 10.9 Å². The molecular weight excluding hydrogens is 384 g/mol. The highest BCUT2D eigenvalue weighted by molar-refractivity contribution is 7.99. The molecule has 0 saturated carbocycles. The summed E-state index contributed by atoms with van der Waals surface area (Å²) in [4.78, 5) is 29.3. The molecule has 8 heteroatoms. The molecule has 0 aliphatic heterocycles. The minimum atomic E-state index is -0.258. The number of rotatable bonds is 5. The molecule has 27 heavy (non-hydrogen) atoms. The molecule has 1 amide bonds. The number of nitriles is 1. The minimum Gasteiger partial charge on any atom is -0.325 e. The molecule has 0 atom stereocenters. The average molecular weight is 399 g/mol. The Bertz CT molecular complexity index is 1120. The first-order valence-corrected chi connectivity index (χ1v) is 9.51. The van der Waals surface area contributed by atoms with Crippen LogP contribution in [0.1, 0.15) is 12.5 Å². The van der Waals surface area contributed by atoms with Crippen LogP contribution in [0.15, 0.2) is 52.4 Å². The van der Waals surface area contributed by atoms with E-state index in [-0.39, 0.29) is 22.2 Å². The van der Waals surface area contributed by atoms with Crippen LogP contribution in [0.3, 0.4) is 0 Å². The summed E-state index contributed by atoms with van der Waals surface area (Å²) >= 11 is 7.17. The zero-order valence-corrected chi connectivity index (χ0v) is 16.0. The number of hydrogen-bond acceptors (Lipinski definition) is 5. The third kappa shape index (κ3) is 4.13. The number of anilines is 1. The van der Waals surface area contributed by atoms with E-state index in [0.29, 0.717) is 33.9 Å². The van der Waals surface area contributed by atoms with Crippen LogP contribution in [0.4, 0.5) is 5.69 Å². The lowest BCUT2D eigenvalue weighted by Crippen LogP contribution is -2.23. The van der Waals surface area contributed by atoms with Gasteiger partial charge in [0.05, 0.1) is 27.2 Å². The molecule has 3 aromatic rings. The van der Waals surface area contributed by atoms with E-state index in [1.54, 1.807) is 34.9 Å². The number of carbonyl (C=O) groups excluding carboxylic acids is 1. The lowest BCUT2D eigenvalue weighted by molar-refractivity contribution is -0.113. The largest absolute Gasteiger partial charge is 0.325 e. The number of thioether (sulfide) groups is 1. The first-order chi connectivity index (χ1) is 13.0. The molecule has 0 fully saturated rings. The Balaban J connectivity index is 1.76. The number of para-hydroxylation sites is 1. The van der Waals surface area contributed by atoms with Gasteiger partial charge in [0.1, 0.15) is 6.07 Å². The van der Waals surface area contributed by atoms with Crippen molar-refractivity contribution in [2.24, 2.45) is 0 Å². The molecule has 2 aromatic carbocycles. The van der Waals surface area contributed by atoms with E-state index in [9.17, 15) is 9.59 Å². The Morgan fingerprint density at radius 1 is 1.33 bits per heavy atom. The summed E-state index contributed by atoms with van der Waals surface area (Å²) in [5, 5.41) is 12.9. The predicted molar refractivity (Wildman–Crippen MR) is 107 cm³/mol. The molecule has 0 aliphatic carbocycles.